The number of aromatic nitrogens is 7. The van der Waals surface area contributed by atoms with E-state index >= 15 is 0 Å². The Kier molecular flexibility index (Phi) is 14.5. The third-order valence-corrected chi connectivity index (χ3v) is 14.0. The van der Waals surface area contributed by atoms with Crippen LogP contribution >= 0.6 is 23.2 Å². The predicted octanol–water partition coefficient (Wildman–Crippen LogP) is 4.99. The Morgan fingerprint density at radius 3 is 2.52 bits per heavy atom. The SMILES string of the molecule is Cc1nc([C@@H]2O[C@H](CO)[C@H](O)[C@H](n3cc(-c4cc(F)c(Cl)c(F)c4)nn3)[C@H]2OCC(=O)NC2CC(Oc3cccnc3C(=O)Nc3ccc4c(c3)CN([C@@H]3CCC(=O)NC3=O)C4=O)C2)n(-c2cc(Cl)ccc2C(F)(F)F)n1. The van der Waals surface area contributed by atoms with Gasteiger partial charge in [0.1, 0.15) is 77.4 Å². The molecule has 3 fully saturated rings. The first kappa shape index (κ1) is 52.9. The van der Waals surface area contributed by atoms with Crippen molar-refractivity contribution in [2.45, 2.75) is 94.0 Å². The number of aryl methyl sites for hydroxylation is 1. The third-order valence-electron chi connectivity index (χ3n) is 13.4. The summed E-state index contributed by atoms with van der Waals surface area (Å²) in [6.07, 6.45) is -8.58. The maximum absolute atomic E-state index is 14.6. The Labute approximate surface area is 441 Å². The topological polar surface area (TPSA) is 267 Å². The second kappa shape index (κ2) is 21.1. The van der Waals surface area contributed by atoms with E-state index in [1.807, 2.05) is 0 Å². The normalized spacial score (nSPS) is 23.3. The molecule has 6 atom stereocenters. The molecule has 21 nitrogen and oxygen atoms in total. The molecule has 4 aliphatic rings. The summed E-state index contributed by atoms with van der Waals surface area (Å²) in [5.74, 6) is -5.17. The second-order valence-electron chi connectivity index (χ2n) is 18.5. The molecule has 0 spiro atoms. The van der Waals surface area contributed by atoms with E-state index in [4.69, 9.17) is 37.4 Å². The molecule has 6 heterocycles. The molecule has 3 aromatic carbocycles. The van der Waals surface area contributed by atoms with E-state index in [2.05, 4.69) is 41.3 Å². The number of nitrogens with one attached hydrogen (secondary N) is 3. The zero-order valence-corrected chi connectivity index (χ0v) is 41.4. The van der Waals surface area contributed by atoms with Crippen molar-refractivity contribution >= 4 is 58.4 Å². The first-order chi connectivity index (χ1) is 36.7. The Morgan fingerprint density at radius 2 is 1.79 bits per heavy atom. The minimum absolute atomic E-state index is 0.0496. The first-order valence-corrected chi connectivity index (χ1v) is 24.4. The van der Waals surface area contributed by atoms with Crippen molar-refractivity contribution in [1.82, 2.24) is 50.3 Å². The number of hydrogen-bond acceptors (Lipinski definition) is 15. The number of alkyl halides is 3. The molecule has 5 amide bonds. The van der Waals surface area contributed by atoms with Gasteiger partial charge in [-0.05, 0) is 79.6 Å². The number of piperidine rings is 1. The van der Waals surface area contributed by atoms with Crippen LogP contribution in [0.15, 0.2) is 73.1 Å². The van der Waals surface area contributed by atoms with Gasteiger partial charge >= 0.3 is 6.18 Å². The molecule has 0 bridgehead atoms. The van der Waals surface area contributed by atoms with Crippen LogP contribution in [0, 0.1) is 18.6 Å². The van der Waals surface area contributed by atoms with E-state index in [0.717, 1.165) is 39.7 Å². The number of aliphatic hydroxyl groups is 2. The van der Waals surface area contributed by atoms with Crippen molar-refractivity contribution in [3.63, 3.8) is 0 Å². The maximum atomic E-state index is 14.6. The molecule has 3 aliphatic heterocycles. The van der Waals surface area contributed by atoms with Crippen molar-refractivity contribution in [2.75, 3.05) is 18.5 Å². The molecule has 2 saturated heterocycles. The van der Waals surface area contributed by atoms with Crippen molar-refractivity contribution < 1.29 is 70.3 Å². The van der Waals surface area contributed by atoms with Gasteiger partial charge in [-0.3, -0.25) is 29.3 Å². The first-order valence-electron chi connectivity index (χ1n) is 23.7. The van der Waals surface area contributed by atoms with Gasteiger partial charge in [-0.1, -0.05) is 28.4 Å². The summed E-state index contributed by atoms with van der Waals surface area (Å²) in [6, 6.07) is 9.53. The van der Waals surface area contributed by atoms with Gasteiger partial charge < -0.3 is 40.0 Å². The van der Waals surface area contributed by atoms with Crippen molar-refractivity contribution in [1.29, 1.82) is 0 Å². The number of fused-ring (bicyclic) bond motifs is 1. The second-order valence-corrected chi connectivity index (χ2v) is 19.3. The molecule has 6 aromatic rings. The van der Waals surface area contributed by atoms with Gasteiger partial charge in [0.05, 0.1) is 24.1 Å². The molecule has 77 heavy (non-hydrogen) atoms. The summed E-state index contributed by atoms with van der Waals surface area (Å²) in [5, 5.41) is 41.5. The molecule has 1 aliphatic carbocycles. The van der Waals surface area contributed by atoms with E-state index in [0.29, 0.717) is 16.8 Å². The number of aliphatic hydroxyl groups excluding tert-OH is 2. The lowest BCUT2D eigenvalue weighted by molar-refractivity contribution is -0.223. The zero-order chi connectivity index (χ0) is 54.6. The van der Waals surface area contributed by atoms with E-state index in [9.17, 15) is 56.1 Å². The summed E-state index contributed by atoms with van der Waals surface area (Å²) in [7, 11) is 0. The van der Waals surface area contributed by atoms with Crippen LogP contribution in [0.4, 0.5) is 27.6 Å². The van der Waals surface area contributed by atoms with E-state index < -0.39 is 120 Å². The number of amides is 5. The van der Waals surface area contributed by atoms with Crippen LogP contribution in [0.25, 0.3) is 16.9 Å². The summed E-state index contributed by atoms with van der Waals surface area (Å²) in [6.45, 7) is -0.163. The third kappa shape index (κ3) is 10.7. The van der Waals surface area contributed by atoms with Gasteiger partial charge in [0, 0.05) is 59.9 Å². The number of hydrogen-bond donors (Lipinski definition) is 5. The number of carbonyl (C=O) groups is 5. The van der Waals surface area contributed by atoms with Crippen LogP contribution in [0.2, 0.25) is 10.0 Å². The summed E-state index contributed by atoms with van der Waals surface area (Å²) < 4.78 is 93.0. The highest BCUT2D eigenvalue weighted by atomic mass is 35.5. The van der Waals surface area contributed by atoms with Crippen molar-refractivity contribution in [3.05, 3.63) is 129 Å². The predicted molar refractivity (Wildman–Crippen MR) is 256 cm³/mol. The van der Waals surface area contributed by atoms with Crippen molar-refractivity contribution in [2.24, 2.45) is 0 Å². The van der Waals surface area contributed by atoms with Crippen LogP contribution < -0.4 is 20.7 Å². The molecule has 28 heteroatoms. The van der Waals surface area contributed by atoms with Crippen molar-refractivity contribution in [3.8, 4) is 22.7 Å². The van der Waals surface area contributed by atoms with Crippen LogP contribution in [0.1, 0.15) is 81.5 Å². The zero-order valence-electron chi connectivity index (χ0n) is 39.9. The summed E-state index contributed by atoms with van der Waals surface area (Å²) >= 11 is 11.9. The fraction of sp³-hybridized carbons (Fsp3) is 0.347. The number of anilines is 1. The van der Waals surface area contributed by atoms with Crippen LogP contribution in [-0.4, -0.2) is 129 Å². The number of carbonyl (C=O) groups excluding carboxylic acids is 5. The fourth-order valence-corrected chi connectivity index (χ4v) is 9.94. The molecule has 3 aromatic heterocycles. The van der Waals surface area contributed by atoms with Crippen LogP contribution in [0.5, 0.6) is 5.75 Å². The Bertz CT molecular complexity index is 3320. The molecule has 5 N–H and O–H groups in total. The van der Waals surface area contributed by atoms with Gasteiger partial charge in [-0.2, -0.15) is 18.3 Å². The molecule has 1 saturated carbocycles. The lowest BCUT2D eigenvalue weighted by atomic mass is 9.89. The minimum Gasteiger partial charge on any atom is -0.488 e. The molecule has 0 radical (unpaired) electrons. The Hall–Kier alpha value is -7.49. The highest BCUT2D eigenvalue weighted by molar-refractivity contribution is 6.31. The quantitative estimate of drug-likeness (QED) is 0.0546. The van der Waals surface area contributed by atoms with Gasteiger partial charge in [0.15, 0.2) is 17.3 Å². The Balaban J connectivity index is 0.840. The lowest BCUT2D eigenvalue weighted by Crippen LogP contribution is -2.55. The number of pyridine rings is 1. The Morgan fingerprint density at radius 1 is 1.03 bits per heavy atom. The van der Waals surface area contributed by atoms with Crippen LogP contribution in [-0.2, 0) is 36.6 Å². The average molecular weight is 1110 g/mol. The lowest BCUT2D eigenvalue weighted by Gasteiger charge is -2.43. The highest BCUT2D eigenvalue weighted by Crippen LogP contribution is 2.43. The van der Waals surface area contributed by atoms with Gasteiger partial charge in [-0.25, -0.2) is 28.1 Å². The number of imide groups is 1. The standard InChI is InChI=1S/C49H42Cl2F5N11O10/c1-21-58-45(67(63-21)34-14-24(50)4-7-29(34)49(54,55)56)44-43(41(42(71)36(19-68)77-44)66-18-32(62-64-66)22-12-30(52)39(51)31(53)13-22)75-20-38(70)59-26-15-27(16-26)76-35-3-2-10-57-40(35)47(73)60-25-5-6-28-23(11-25)17-65(48(28)74)33-8-9-37(69)61-46(33)72/h2-7,10-14,18,26-27,33,36,41-44,68,71H,8-9,15-17,19-20H2,1H3,(H,59,70)(H,60,73)(H,61,69,72)/t26?,27?,33-,36-,41+,42+,43-,44-/m1/s1. The molecule has 0 unspecified atom stereocenters. The monoisotopic (exact) mass is 1110 g/mol. The molecular weight excluding hydrogens is 1070 g/mol. The number of rotatable bonds is 14. The summed E-state index contributed by atoms with van der Waals surface area (Å²) in [4.78, 5) is 74.7. The highest BCUT2D eigenvalue weighted by Gasteiger charge is 2.51. The number of benzene rings is 3. The number of nitrogens with zero attached hydrogens (tertiary/aromatic N) is 8. The average Bonchev–Trinajstić information content (AvgIpc) is 4.13. The largest absolute Gasteiger partial charge is 0.488 e. The van der Waals surface area contributed by atoms with E-state index in [-0.39, 0.29) is 77.5 Å². The molecule has 402 valence electrons. The van der Waals surface area contributed by atoms with E-state index in [1.165, 1.54) is 36.4 Å². The van der Waals surface area contributed by atoms with E-state index in [1.54, 1.807) is 18.2 Å². The number of ether oxygens (including phenoxy) is 3. The number of halogens is 7. The molecular formula is C49H42Cl2F5N11O10. The summed E-state index contributed by atoms with van der Waals surface area (Å²) in [5.41, 5.74) is -0.794. The fourth-order valence-electron chi connectivity index (χ4n) is 9.66. The molecule has 10 rings (SSSR count). The van der Waals surface area contributed by atoms with Gasteiger partial charge in [0.25, 0.3) is 11.8 Å². The van der Waals surface area contributed by atoms with Gasteiger partial charge in [0.2, 0.25) is 17.7 Å². The maximum Gasteiger partial charge on any atom is 0.418 e. The van der Waals surface area contributed by atoms with Crippen LogP contribution in [0.3, 0.4) is 0 Å². The smallest absolute Gasteiger partial charge is 0.418 e. The van der Waals surface area contributed by atoms with Gasteiger partial charge in [-0.15, -0.1) is 5.10 Å². The minimum atomic E-state index is -4.93.